The Kier molecular flexibility index (Phi) is 7.37. The zero-order valence-electron chi connectivity index (χ0n) is 10.2. The predicted octanol–water partition coefficient (Wildman–Crippen LogP) is 0.0388. The van der Waals surface area contributed by atoms with Gasteiger partial charge in [-0.05, 0) is 0 Å². The van der Waals surface area contributed by atoms with Gasteiger partial charge in [0.05, 0.1) is 18.4 Å². The van der Waals surface area contributed by atoms with Gasteiger partial charge in [-0.1, -0.05) is 4.41 Å². The molecule has 0 heterocycles. The summed E-state index contributed by atoms with van der Waals surface area (Å²) in [4.78, 5) is 11.6. The first-order valence-corrected chi connectivity index (χ1v) is 9.59. The monoisotopic (exact) mass is 356 g/mol. The zero-order valence-corrected chi connectivity index (χ0v) is 13.4. The summed E-state index contributed by atoms with van der Waals surface area (Å²) >= 11 is 10.7. The van der Waals surface area contributed by atoms with Gasteiger partial charge in [0.2, 0.25) is 10.0 Å². The molecule has 0 aliphatic carbocycles. The van der Waals surface area contributed by atoms with Crippen LogP contribution in [0.4, 0.5) is 4.79 Å². The van der Waals surface area contributed by atoms with E-state index in [1.165, 1.54) is 0 Å². The Labute approximate surface area is 122 Å². The smallest absolute Gasteiger partial charge is 0.439 e. The van der Waals surface area contributed by atoms with Crippen LogP contribution in [0.5, 0.6) is 0 Å². The summed E-state index contributed by atoms with van der Waals surface area (Å²) in [6.45, 7) is -0.658. The topological polar surface area (TPSA) is 101 Å². The van der Waals surface area contributed by atoms with Gasteiger partial charge in [-0.3, -0.25) is 0 Å². The lowest BCUT2D eigenvalue weighted by atomic mass is 10.8. The van der Waals surface area contributed by atoms with E-state index in [2.05, 4.69) is 4.74 Å². The molecule has 0 radical (unpaired) electrons. The lowest BCUT2D eigenvalue weighted by molar-refractivity contribution is 0.0881. The van der Waals surface area contributed by atoms with Crippen LogP contribution in [-0.2, 0) is 24.8 Å². The maximum absolute atomic E-state index is 11.6. The quantitative estimate of drug-likeness (QED) is 0.471. The van der Waals surface area contributed by atoms with Gasteiger partial charge in [-0.25, -0.2) is 21.6 Å². The van der Waals surface area contributed by atoms with Crippen molar-refractivity contribution in [1.29, 1.82) is 0 Å². The highest BCUT2D eigenvalue weighted by atomic mass is 35.5. The van der Waals surface area contributed by atoms with Crippen LogP contribution in [0.3, 0.4) is 0 Å². The third-order valence-electron chi connectivity index (χ3n) is 1.63. The van der Waals surface area contributed by atoms with E-state index in [1.807, 2.05) is 0 Å². The Balaban J connectivity index is 5.51. The molecule has 0 saturated carbocycles. The summed E-state index contributed by atoms with van der Waals surface area (Å²) < 4.78 is 51.0. The van der Waals surface area contributed by atoms with Crippen LogP contribution in [0.25, 0.3) is 0 Å². The van der Waals surface area contributed by atoms with Crippen molar-refractivity contribution in [1.82, 2.24) is 8.83 Å². The van der Waals surface area contributed by atoms with Gasteiger partial charge in [-0.2, -0.15) is 0 Å². The molecule has 12 heteroatoms. The number of nitrogens with zero attached hydrogens (tertiary/aromatic N) is 2. The highest BCUT2D eigenvalue weighted by Gasteiger charge is 2.36. The van der Waals surface area contributed by atoms with Crippen molar-refractivity contribution in [3.8, 4) is 0 Å². The minimum absolute atomic E-state index is 0.0112. The highest BCUT2D eigenvalue weighted by molar-refractivity contribution is 7.91. The average molecular weight is 357 g/mol. The van der Waals surface area contributed by atoms with Gasteiger partial charge in [0.25, 0.3) is 10.0 Å². The van der Waals surface area contributed by atoms with Crippen LogP contribution in [0, 0.1) is 0 Å². The molecule has 0 bridgehead atoms. The third kappa shape index (κ3) is 6.13. The highest BCUT2D eigenvalue weighted by Crippen LogP contribution is 2.12. The fourth-order valence-electron chi connectivity index (χ4n) is 1.04. The Bertz CT molecular complexity index is 506. The van der Waals surface area contributed by atoms with Gasteiger partial charge in [-0.15, -0.1) is 27.6 Å². The van der Waals surface area contributed by atoms with Crippen LogP contribution in [0.15, 0.2) is 0 Å². The number of carbonyl (C=O) groups excluding carboxylic acids is 1. The predicted molar refractivity (Wildman–Crippen MR) is 71.0 cm³/mol. The minimum atomic E-state index is -4.20. The van der Waals surface area contributed by atoms with E-state index in [0.29, 0.717) is 10.7 Å². The number of hydrogen-bond donors (Lipinski definition) is 0. The van der Waals surface area contributed by atoms with E-state index in [-0.39, 0.29) is 22.8 Å². The molecule has 0 aliphatic rings. The molecule has 0 spiro atoms. The van der Waals surface area contributed by atoms with E-state index in [9.17, 15) is 21.6 Å². The number of alkyl halides is 2. The average Bonchev–Trinajstić information content (AvgIpc) is 2.22. The first-order chi connectivity index (χ1) is 8.55. The van der Waals surface area contributed by atoms with Crippen LogP contribution in [-0.4, -0.2) is 69.2 Å². The first-order valence-electron chi connectivity index (χ1n) is 4.82. The number of carbonyl (C=O) groups is 1. The molecule has 0 aromatic carbocycles. The molecule has 0 fully saturated rings. The number of ether oxygens (including phenoxy) is 1. The fourth-order valence-corrected chi connectivity index (χ4v) is 3.60. The van der Waals surface area contributed by atoms with E-state index in [4.69, 9.17) is 23.2 Å². The van der Waals surface area contributed by atoms with Gasteiger partial charge in [0, 0.05) is 12.4 Å². The summed E-state index contributed by atoms with van der Waals surface area (Å²) in [6.07, 6.45) is 0.0483. The standard InChI is InChI=1S/C7H14Cl2N2O6S2/c1-18(13,14)10(5-3-8)11(19(2,15)16)7(12)17-6-4-9/h3-6H2,1-2H3. The molecule has 8 nitrogen and oxygen atoms in total. The summed E-state index contributed by atoms with van der Waals surface area (Å²) in [5.74, 6) is -0.264. The molecule has 19 heavy (non-hydrogen) atoms. The van der Waals surface area contributed by atoms with E-state index < -0.39 is 32.7 Å². The van der Waals surface area contributed by atoms with E-state index >= 15 is 0 Å². The number of rotatable bonds is 7. The summed E-state index contributed by atoms with van der Waals surface area (Å²) in [5.41, 5.74) is 0. The summed E-state index contributed by atoms with van der Waals surface area (Å²) in [5, 5.41) is 0. The third-order valence-corrected chi connectivity index (χ3v) is 4.15. The van der Waals surface area contributed by atoms with Crippen molar-refractivity contribution < 1.29 is 26.4 Å². The molecule has 0 aliphatic heterocycles. The lowest BCUT2D eigenvalue weighted by Crippen LogP contribution is -2.52. The molecule has 0 unspecified atom stereocenters. The van der Waals surface area contributed by atoms with Crippen molar-refractivity contribution in [2.45, 2.75) is 0 Å². The molecule has 0 atom stereocenters. The van der Waals surface area contributed by atoms with Crippen molar-refractivity contribution >= 4 is 49.3 Å². The number of hydrazine groups is 1. The van der Waals surface area contributed by atoms with Crippen molar-refractivity contribution in [3.63, 3.8) is 0 Å². The second-order valence-electron chi connectivity index (χ2n) is 3.31. The fraction of sp³-hybridized carbons (Fsp3) is 0.857. The van der Waals surface area contributed by atoms with Crippen LogP contribution in [0.1, 0.15) is 0 Å². The van der Waals surface area contributed by atoms with Crippen LogP contribution < -0.4 is 0 Å². The van der Waals surface area contributed by atoms with E-state index in [1.54, 1.807) is 0 Å². The zero-order chi connectivity index (χ0) is 15.3. The maximum Gasteiger partial charge on any atom is 0.439 e. The molecule has 1 amide bonds. The Morgan fingerprint density at radius 1 is 1.05 bits per heavy atom. The number of hydrogen-bond acceptors (Lipinski definition) is 6. The first kappa shape index (κ1) is 18.7. The second kappa shape index (κ2) is 7.48. The van der Waals surface area contributed by atoms with E-state index in [0.717, 1.165) is 6.26 Å². The van der Waals surface area contributed by atoms with Crippen molar-refractivity contribution in [3.05, 3.63) is 0 Å². The maximum atomic E-state index is 11.6. The number of sulfonamides is 2. The Morgan fingerprint density at radius 2 is 1.58 bits per heavy atom. The molecule has 0 saturated heterocycles. The molecule has 0 aromatic rings. The lowest BCUT2D eigenvalue weighted by Gasteiger charge is -2.29. The second-order valence-corrected chi connectivity index (χ2v) is 7.76. The Hall–Kier alpha value is -0.290. The number of halogens is 2. The molecule has 0 N–H and O–H groups in total. The van der Waals surface area contributed by atoms with Gasteiger partial charge < -0.3 is 4.74 Å². The van der Waals surface area contributed by atoms with Gasteiger partial charge >= 0.3 is 6.09 Å². The molecular weight excluding hydrogens is 343 g/mol. The molecule has 114 valence electrons. The van der Waals surface area contributed by atoms with Crippen LogP contribution in [0.2, 0.25) is 0 Å². The molecule has 0 aromatic heterocycles. The SMILES string of the molecule is CS(=O)(=O)N(CCCl)N(C(=O)OCCCl)S(C)(=O)=O. The largest absolute Gasteiger partial charge is 0.446 e. The minimum Gasteiger partial charge on any atom is -0.446 e. The molecule has 0 rings (SSSR count). The number of amides is 1. The van der Waals surface area contributed by atoms with Crippen LogP contribution >= 0.6 is 23.2 Å². The summed E-state index contributed by atoms with van der Waals surface area (Å²) in [6, 6.07) is 0. The van der Waals surface area contributed by atoms with Gasteiger partial charge in [0.1, 0.15) is 6.61 Å². The van der Waals surface area contributed by atoms with Crippen molar-refractivity contribution in [2.24, 2.45) is 0 Å². The van der Waals surface area contributed by atoms with Crippen molar-refractivity contribution in [2.75, 3.05) is 37.4 Å². The Morgan fingerprint density at radius 3 is 1.89 bits per heavy atom. The molecular formula is C7H14Cl2N2O6S2. The summed E-state index contributed by atoms with van der Waals surface area (Å²) in [7, 11) is -8.21. The van der Waals surface area contributed by atoms with Gasteiger partial charge in [0.15, 0.2) is 0 Å². The normalized spacial score (nSPS) is 12.5.